The van der Waals surface area contributed by atoms with E-state index < -0.39 is 11.7 Å². The lowest BCUT2D eigenvalue weighted by atomic mass is 10.1. The molecule has 0 aliphatic rings. The number of amides is 2. The lowest BCUT2D eigenvalue weighted by Crippen LogP contribution is -2.42. The zero-order chi connectivity index (χ0) is 15.3. The van der Waals surface area contributed by atoms with Crippen molar-refractivity contribution in [2.45, 2.75) is 46.8 Å². The summed E-state index contributed by atoms with van der Waals surface area (Å²) in [5.41, 5.74) is 0.274. The molecule has 0 N–H and O–H groups in total. The van der Waals surface area contributed by atoms with E-state index >= 15 is 0 Å². The van der Waals surface area contributed by atoms with E-state index in [-0.39, 0.29) is 18.4 Å². The normalized spacial score (nSPS) is 11.3. The Kier molecular flexibility index (Phi) is 5.31. The lowest BCUT2D eigenvalue weighted by Gasteiger charge is -2.27. The van der Waals surface area contributed by atoms with Crippen molar-refractivity contribution in [3.63, 3.8) is 0 Å². The summed E-state index contributed by atoms with van der Waals surface area (Å²) >= 11 is 0. The number of hydrogen-bond acceptors (Lipinski definition) is 3. The predicted octanol–water partition coefficient (Wildman–Crippen LogP) is 3.61. The van der Waals surface area contributed by atoms with E-state index in [9.17, 15) is 9.59 Å². The smallest absolute Gasteiger partial charge is 0.417 e. The first-order chi connectivity index (χ1) is 9.20. The van der Waals surface area contributed by atoms with Crippen molar-refractivity contribution in [1.29, 1.82) is 0 Å². The third kappa shape index (κ3) is 5.03. The van der Waals surface area contributed by atoms with Gasteiger partial charge in [0.15, 0.2) is 0 Å². The van der Waals surface area contributed by atoms with Crippen LogP contribution in [0.4, 0.5) is 4.79 Å². The van der Waals surface area contributed by atoms with Gasteiger partial charge < -0.3 is 4.74 Å². The number of benzene rings is 1. The first kappa shape index (κ1) is 16.2. The molecule has 4 heteroatoms. The van der Waals surface area contributed by atoms with Crippen LogP contribution < -0.4 is 0 Å². The van der Waals surface area contributed by atoms with Crippen molar-refractivity contribution in [2.75, 3.05) is 0 Å². The molecule has 0 bridgehead atoms. The van der Waals surface area contributed by atoms with Crippen molar-refractivity contribution < 1.29 is 14.3 Å². The second-order valence-electron chi connectivity index (χ2n) is 6.05. The molecule has 2 amide bonds. The van der Waals surface area contributed by atoms with Crippen molar-refractivity contribution in [3.8, 4) is 0 Å². The molecule has 0 aliphatic carbocycles. The van der Waals surface area contributed by atoms with Gasteiger partial charge in [0.05, 0.1) is 6.54 Å². The van der Waals surface area contributed by atoms with Crippen LogP contribution in [0.25, 0.3) is 0 Å². The number of nitrogens with zero attached hydrogens (tertiary/aromatic N) is 1. The van der Waals surface area contributed by atoms with E-state index in [2.05, 4.69) is 0 Å². The minimum absolute atomic E-state index is 0.229. The van der Waals surface area contributed by atoms with E-state index in [0.29, 0.717) is 0 Å². The molecular weight excluding hydrogens is 254 g/mol. The Morgan fingerprint density at radius 3 is 2.15 bits per heavy atom. The van der Waals surface area contributed by atoms with Crippen molar-refractivity contribution in [2.24, 2.45) is 5.92 Å². The molecular formula is C16H23NO3. The molecule has 0 radical (unpaired) electrons. The third-order valence-corrected chi connectivity index (χ3v) is 2.56. The van der Waals surface area contributed by atoms with Gasteiger partial charge in [0, 0.05) is 5.92 Å². The minimum atomic E-state index is -0.622. The Hall–Kier alpha value is -1.84. The second kappa shape index (κ2) is 6.55. The Balaban J connectivity index is 2.91. The highest BCUT2D eigenvalue weighted by Crippen LogP contribution is 2.15. The van der Waals surface area contributed by atoms with E-state index in [4.69, 9.17) is 4.74 Å². The third-order valence-electron chi connectivity index (χ3n) is 2.56. The van der Waals surface area contributed by atoms with Gasteiger partial charge in [-0.2, -0.15) is 0 Å². The van der Waals surface area contributed by atoms with Gasteiger partial charge in [-0.25, -0.2) is 9.69 Å². The highest BCUT2D eigenvalue weighted by Gasteiger charge is 2.28. The standard InChI is InChI=1S/C16H23NO3/c1-12(2)14(18)17(15(19)20-16(3,4)5)11-13-9-7-6-8-10-13/h6-10,12H,11H2,1-5H3. The first-order valence-electron chi connectivity index (χ1n) is 6.79. The summed E-state index contributed by atoms with van der Waals surface area (Å²) in [4.78, 5) is 25.6. The number of ether oxygens (including phenoxy) is 1. The zero-order valence-electron chi connectivity index (χ0n) is 12.8. The van der Waals surface area contributed by atoms with E-state index in [1.807, 2.05) is 30.3 Å². The van der Waals surface area contributed by atoms with Gasteiger partial charge in [0.25, 0.3) is 0 Å². The summed E-state index contributed by atoms with van der Waals surface area (Å²) in [6, 6.07) is 9.41. The van der Waals surface area contributed by atoms with Gasteiger partial charge >= 0.3 is 6.09 Å². The summed E-state index contributed by atoms with van der Waals surface area (Å²) < 4.78 is 5.31. The summed E-state index contributed by atoms with van der Waals surface area (Å²) in [6.07, 6.45) is -0.597. The maximum atomic E-state index is 12.2. The Morgan fingerprint density at radius 2 is 1.70 bits per heavy atom. The molecule has 1 aromatic carbocycles. The van der Waals surface area contributed by atoms with E-state index in [1.165, 1.54) is 4.90 Å². The number of carbonyl (C=O) groups excluding carboxylic acids is 2. The molecule has 1 rings (SSSR count). The zero-order valence-corrected chi connectivity index (χ0v) is 12.8. The van der Waals surface area contributed by atoms with Gasteiger partial charge in [0.1, 0.15) is 5.60 Å². The topological polar surface area (TPSA) is 46.6 Å². The van der Waals surface area contributed by atoms with Crippen molar-refractivity contribution in [3.05, 3.63) is 35.9 Å². The van der Waals surface area contributed by atoms with Gasteiger partial charge in [-0.15, -0.1) is 0 Å². The highest BCUT2D eigenvalue weighted by molar-refractivity contribution is 5.93. The molecule has 0 aliphatic heterocycles. The average molecular weight is 277 g/mol. The van der Waals surface area contributed by atoms with Crippen LogP contribution in [0.5, 0.6) is 0 Å². The van der Waals surface area contributed by atoms with Crippen LogP contribution in [0.2, 0.25) is 0 Å². The van der Waals surface area contributed by atoms with Crippen molar-refractivity contribution in [1.82, 2.24) is 4.90 Å². The summed E-state index contributed by atoms with van der Waals surface area (Å²) in [5, 5.41) is 0. The summed E-state index contributed by atoms with van der Waals surface area (Å²) in [6.45, 7) is 9.12. The number of rotatable bonds is 3. The number of imide groups is 1. The maximum Gasteiger partial charge on any atom is 0.417 e. The fourth-order valence-electron chi connectivity index (χ4n) is 1.63. The van der Waals surface area contributed by atoms with Crippen LogP contribution in [-0.2, 0) is 16.1 Å². The number of carbonyl (C=O) groups is 2. The molecule has 1 aromatic rings. The molecule has 4 nitrogen and oxygen atoms in total. The summed E-state index contributed by atoms with van der Waals surface area (Å²) in [7, 11) is 0. The molecule has 0 heterocycles. The van der Waals surface area contributed by atoms with Crippen LogP contribution in [0, 0.1) is 5.92 Å². The van der Waals surface area contributed by atoms with Crippen LogP contribution in [0.1, 0.15) is 40.2 Å². The monoisotopic (exact) mass is 277 g/mol. The fraction of sp³-hybridized carbons (Fsp3) is 0.500. The van der Waals surface area contributed by atoms with Crippen LogP contribution in [0.3, 0.4) is 0 Å². The van der Waals surface area contributed by atoms with Gasteiger partial charge in [-0.3, -0.25) is 4.79 Å². The Bertz CT molecular complexity index is 460. The van der Waals surface area contributed by atoms with Gasteiger partial charge in [-0.05, 0) is 26.3 Å². The molecule has 0 atom stereocenters. The number of hydrogen-bond donors (Lipinski definition) is 0. The molecule has 20 heavy (non-hydrogen) atoms. The molecule has 0 fully saturated rings. The molecule has 110 valence electrons. The minimum Gasteiger partial charge on any atom is -0.443 e. The molecule has 0 spiro atoms. The average Bonchev–Trinajstić information content (AvgIpc) is 2.34. The molecule has 0 unspecified atom stereocenters. The highest BCUT2D eigenvalue weighted by atomic mass is 16.6. The van der Waals surface area contributed by atoms with Crippen LogP contribution in [0.15, 0.2) is 30.3 Å². The molecule has 0 saturated carbocycles. The van der Waals surface area contributed by atoms with Crippen molar-refractivity contribution >= 4 is 12.0 Å². The van der Waals surface area contributed by atoms with E-state index in [1.54, 1.807) is 34.6 Å². The molecule has 0 aromatic heterocycles. The lowest BCUT2D eigenvalue weighted by molar-refractivity contribution is -0.134. The van der Waals surface area contributed by atoms with Crippen LogP contribution in [-0.4, -0.2) is 22.5 Å². The Labute approximate surface area is 120 Å². The van der Waals surface area contributed by atoms with E-state index in [0.717, 1.165) is 5.56 Å². The SMILES string of the molecule is CC(C)C(=O)N(Cc1ccccc1)C(=O)OC(C)(C)C. The summed E-state index contributed by atoms with van der Waals surface area (Å²) in [5.74, 6) is -0.491. The van der Waals surface area contributed by atoms with Crippen LogP contribution >= 0.6 is 0 Å². The fourth-order valence-corrected chi connectivity index (χ4v) is 1.63. The first-order valence-corrected chi connectivity index (χ1v) is 6.79. The molecule has 0 saturated heterocycles. The Morgan fingerprint density at radius 1 is 1.15 bits per heavy atom. The van der Waals surface area contributed by atoms with Gasteiger partial charge in [0.2, 0.25) is 5.91 Å². The quantitative estimate of drug-likeness (QED) is 0.848. The largest absolute Gasteiger partial charge is 0.443 e. The maximum absolute atomic E-state index is 12.2. The van der Waals surface area contributed by atoms with Gasteiger partial charge in [-0.1, -0.05) is 44.2 Å². The predicted molar refractivity (Wildman–Crippen MR) is 78.1 cm³/mol. The second-order valence-corrected chi connectivity index (χ2v) is 6.05.